The van der Waals surface area contributed by atoms with Crippen molar-refractivity contribution in [1.82, 2.24) is 9.80 Å². The predicted octanol–water partition coefficient (Wildman–Crippen LogP) is 5.01. The predicted molar refractivity (Wildman–Crippen MR) is 125 cm³/mol. The van der Waals surface area contributed by atoms with E-state index in [2.05, 4.69) is 18.7 Å². The molecular weight excluding hydrogens is 408 g/mol. The molecule has 2 heterocycles. The molecule has 4 nitrogen and oxygen atoms in total. The Morgan fingerprint density at radius 1 is 0.935 bits per heavy atom. The van der Waals surface area contributed by atoms with Crippen molar-refractivity contribution in [3.63, 3.8) is 0 Å². The summed E-state index contributed by atoms with van der Waals surface area (Å²) in [5, 5.41) is 0.678. The molecule has 0 aliphatic carbocycles. The normalized spacial score (nSPS) is 17.8. The van der Waals surface area contributed by atoms with Crippen molar-refractivity contribution in [2.24, 2.45) is 5.92 Å². The molecule has 1 fully saturated rings. The maximum atomic E-state index is 13.5. The molecule has 2 aromatic rings. The van der Waals surface area contributed by atoms with Crippen molar-refractivity contribution >= 4 is 29.0 Å². The summed E-state index contributed by atoms with van der Waals surface area (Å²) in [6.45, 7) is 8.34. The Kier molecular flexibility index (Phi) is 6.19. The molecule has 2 aromatic carbocycles. The number of benzene rings is 2. The summed E-state index contributed by atoms with van der Waals surface area (Å²) in [4.78, 5) is 30.6. The van der Waals surface area contributed by atoms with Crippen LogP contribution in [-0.2, 0) is 16.0 Å². The van der Waals surface area contributed by atoms with Crippen LogP contribution in [0, 0.1) is 19.8 Å². The molecule has 2 amide bonds. The zero-order valence-corrected chi connectivity index (χ0v) is 19.2. The summed E-state index contributed by atoms with van der Waals surface area (Å²) in [5.41, 5.74) is 5.32. The van der Waals surface area contributed by atoms with Crippen molar-refractivity contribution in [2.75, 3.05) is 19.6 Å². The highest BCUT2D eigenvalue weighted by Gasteiger charge is 2.41. The lowest BCUT2D eigenvalue weighted by molar-refractivity contribution is -0.137. The SMILES string of the molecule is Cc1ccc(C2=C(N3CCC(C)CC3)C(=O)N(CCc3ccc(Cl)cc3)C2=O)cc1C. The molecule has 2 aliphatic heterocycles. The molecule has 0 N–H and O–H groups in total. The second-order valence-electron chi connectivity index (χ2n) is 8.83. The molecular formula is C26H29ClN2O2. The summed E-state index contributed by atoms with van der Waals surface area (Å²) >= 11 is 5.98. The first-order valence-corrected chi connectivity index (χ1v) is 11.4. The number of piperidine rings is 1. The molecule has 162 valence electrons. The van der Waals surface area contributed by atoms with Crippen LogP contribution in [0.25, 0.3) is 5.57 Å². The Bertz CT molecular complexity index is 1030. The minimum Gasteiger partial charge on any atom is -0.366 e. The van der Waals surface area contributed by atoms with Gasteiger partial charge in [-0.3, -0.25) is 14.5 Å². The van der Waals surface area contributed by atoms with E-state index in [0.29, 0.717) is 35.2 Å². The number of aryl methyl sites for hydroxylation is 2. The number of nitrogens with zero attached hydrogens (tertiary/aromatic N) is 2. The highest BCUT2D eigenvalue weighted by molar-refractivity contribution is 6.35. The van der Waals surface area contributed by atoms with Gasteiger partial charge in [-0.1, -0.05) is 48.9 Å². The molecule has 5 heteroatoms. The summed E-state index contributed by atoms with van der Waals surface area (Å²) in [7, 11) is 0. The van der Waals surface area contributed by atoms with Crippen LogP contribution in [0.4, 0.5) is 0 Å². The lowest BCUT2D eigenvalue weighted by Gasteiger charge is -2.32. The van der Waals surface area contributed by atoms with Gasteiger partial charge in [0.1, 0.15) is 5.70 Å². The lowest BCUT2D eigenvalue weighted by Crippen LogP contribution is -2.39. The molecule has 0 bridgehead atoms. The van der Waals surface area contributed by atoms with Gasteiger partial charge in [-0.25, -0.2) is 0 Å². The van der Waals surface area contributed by atoms with Crippen LogP contribution >= 0.6 is 11.6 Å². The van der Waals surface area contributed by atoms with Crippen LogP contribution in [0.5, 0.6) is 0 Å². The number of likely N-dealkylation sites (tertiary alicyclic amines) is 1. The van der Waals surface area contributed by atoms with Crippen molar-refractivity contribution in [3.05, 3.63) is 75.4 Å². The fourth-order valence-corrected chi connectivity index (χ4v) is 4.47. The number of carbonyl (C=O) groups excluding carboxylic acids is 2. The van der Waals surface area contributed by atoms with Crippen LogP contribution in [0.1, 0.15) is 42.0 Å². The summed E-state index contributed by atoms with van der Waals surface area (Å²) in [6, 6.07) is 13.6. The third-order valence-corrected chi connectivity index (χ3v) is 6.83. The van der Waals surface area contributed by atoms with Gasteiger partial charge in [0.05, 0.1) is 5.57 Å². The fraction of sp³-hybridized carbons (Fsp3) is 0.385. The smallest absolute Gasteiger partial charge is 0.277 e. The second kappa shape index (κ2) is 8.88. The fourth-order valence-electron chi connectivity index (χ4n) is 4.34. The van der Waals surface area contributed by atoms with E-state index in [1.807, 2.05) is 49.4 Å². The van der Waals surface area contributed by atoms with E-state index in [1.165, 1.54) is 10.5 Å². The van der Waals surface area contributed by atoms with Gasteiger partial charge in [-0.05, 0) is 73.4 Å². The van der Waals surface area contributed by atoms with Crippen molar-refractivity contribution in [3.8, 4) is 0 Å². The average molecular weight is 437 g/mol. The first-order chi connectivity index (χ1) is 14.8. The molecule has 4 rings (SSSR count). The molecule has 0 spiro atoms. The number of hydrogen-bond acceptors (Lipinski definition) is 3. The Morgan fingerprint density at radius 3 is 2.26 bits per heavy atom. The Hall–Kier alpha value is -2.59. The number of rotatable bonds is 5. The topological polar surface area (TPSA) is 40.6 Å². The first kappa shape index (κ1) is 21.6. The van der Waals surface area contributed by atoms with Gasteiger partial charge in [0.25, 0.3) is 11.8 Å². The Balaban J connectivity index is 1.66. The third-order valence-electron chi connectivity index (χ3n) is 6.58. The number of amides is 2. The summed E-state index contributed by atoms with van der Waals surface area (Å²) < 4.78 is 0. The second-order valence-corrected chi connectivity index (χ2v) is 9.27. The Morgan fingerprint density at radius 2 is 1.61 bits per heavy atom. The van der Waals surface area contributed by atoms with Crippen LogP contribution in [-0.4, -0.2) is 41.2 Å². The van der Waals surface area contributed by atoms with Gasteiger partial charge in [0.15, 0.2) is 0 Å². The van der Waals surface area contributed by atoms with E-state index < -0.39 is 0 Å². The van der Waals surface area contributed by atoms with E-state index in [0.717, 1.165) is 42.6 Å². The zero-order chi connectivity index (χ0) is 22.1. The first-order valence-electron chi connectivity index (χ1n) is 11.0. The number of carbonyl (C=O) groups is 2. The molecule has 2 aliphatic rings. The highest BCUT2D eigenvalue weighted by Crippen LogP contribution is 2.34. The number of hydrogen-bond donors (Lipinski definition) is 0. The standard InChI is InChI=1S/C26H29ClN2O2/c1-17-10-13-28(14-11-17)24-23(21-7-4-18(2)19(3)16-21)25(30)29(26(24)31)15-12-20-5-8-22(27)9-6-20/h4-9,16-17H,10-15H2,1-3H3. The van der Waals surface area contributed by atoms with E-state index in [-0.39, 0.29) is 11.8 Å². The maximum absolute atomic E-state index is 13.5. The van der Waals surface area contributed by atoms with Crippen molar-refractivity contribution < 1.29 is 9.59 Å². The van der Waals surface area contributed by atoms with E-state index in [1.54, 1.807) is 0 Å². The van der Waals surface area contributed by atoms with Gasteiger partial charge in [0.2, 0.25) is 0 Å². The van der Waals surface area contributed by atoms with Gasteiger partial charge in [0, 0.05) is 24.7 Å². The van der Waals surface area contributed by atoms with Crippen molar-refractivity contribution in [2.45, 2.75) is 40.0 Å². The van der Waals surface area contributed by atoms with Crippen LogP contribution < -0.4 is 0 Å². The zero-order valence-electron chi connectivity index (χ0n) is 18.5. The number of halogens is 1. The minimum atomic E-state index is -0.184. The van der Waals surface area contributed by atoms with Gasteiger partial charge >= 0.3 is 0 Å². The van der Waals surface area contributed by atoms with E-state index >= 15 is 0 Å². The van der Waals surface area contributed by atoms with E-state index in [9.17, 15) is 9.59 Å². The summed E-state index contributed by atoms with van der Waals surface area (Å²) in [5.74, 6) is 0.299. The molecule has 1 saturated heterocycles. The van der Waals surface area contributed by atoms with E-state index in [4.69, 9.17) is 11.6 Å². The molecule has 0 unspecified atom stereocenters. The van der Waals surface area contributed by atoms with Crippen LogP contribution in [0.3, 0.4) is 0 Å². The van der Waals surface area contributed by atoms with Crippen LogP contribution in [0.15, 0.2) is 48.2 Å². The molecule has 0 saturated carbocycles. The molecule has 0 atom stereocenters. The number of imide groups is 1. The maximum Gasteiger partial charge on any atom is 0.277 e. The monoisotopic (exact) mass is 436 g/mol. The largest absolute Gasteiger partial charge is 0.366 e. The quantitative estimate of drug-likeness (QED) is 0.618. The van der Waals surface area contributed by atoms with Crippen LogP contribution in [0.2, 0.25) is 5.02 Å². The van der Waals surface area contributed by atoms with Gasteiger partial charge in [-0.2, -0.15) is 0 Å². The highest BCUT2D eigenvalue weighted by atomic mass is 35.5. The Labute approximate surface area is 189 Å². The minimum absolute atomic E-state index is 0.165. The molecule has 31 heavy (non-hydrogen) atoms. The van der Waals surface area contributed by atoms with Crippen molar-refractivity contribution in [1.29, 1.82) is 0 Å². The average Bonchev–Trinajstić information content (AvgIpc) is 3.00. The lowest BCUT2D eigenvalue weighted by atomic mass is 9.96. The van der Waals surface area contributed by atoms with Gasteiger partial charge in [-0.15, -0.1) is 0 Å². The molecule has 0 aromatic heterocycles. The summed E-state index contributed by atoms with van der Waals surface area (Å²) in [6.07, 6.45) is 2.69. The third kappa shape index (κ3) is 4.40. The van der Waals surface area contributed by atoms with Gasteiger partial charge < -0.3 is 4.90 Å². The molecule has 0 radical (unpaired) electrons.